The molecule has 0 saturated heterocycles. The van der Waals surface area contributed by atoms with Crippen molar-refractivity contribution in [1.82, 2.24) is 4.90 Å². The van der Waals surface area contributed by atoms with Gasteiger partial charge in [-0.3, -0.25) is 4.79 Å². The second-order valence-corrected chi connectivity index (χ2v) is 7.07. The Morgan fingerprint density at radius 2 is 1.93 bits per heavy atom. The number of amides is 1. The van der Waals surface area contributed by atoms with Crippen LogP contribution >= 0.6 is 11.8 Å². The first-order valence-corrected chi connectivity index (χ1v) is 9.40. The minimum absolute atomic E-state index is 0.0523. The molecule has 0 radical (unpaired) electrons. The average molecular weight is 391 g/mol. The normalized spacial score (nSPS) is 12.6. The molecule has 0 aliphatic carbocycles. The fraction of sp³-hybridized carbons (Fsp3) is 0.368. The van der Waals surface area contributed by atoms with Gasteiger partial charge in [-0.2, -0.15) is 0 Å². The Bertz CT molecular complexity index is 847. The highest BCUT2D eigenvalue weighted by Crippen LogP contribution is 2.34. The lowest BCUT2D eigenvalue weighted by molar-refractivity contribution is -0.127. The van der Waals surface area contributed by atoms with Crippen LogP contribution in [-0.2, 0) is 16.1 Å². The Morgan fingerprint density at radius 1 is 1.19 bits per heavy atom. The van der Waals surface area contributed by atoms with Crippen molar-refractivity contribution >= 4 is 23.6 Å². The summed E-state index contributed by atoms with van der Waals surface area (Å²) in [6.45, 7) is 3.04. The molecule has 0 N–H and O–H groups in total. The number of nitrogens with zero attached hydrogens (tertiary/aromatic N) is 1. The summed E-state index contributed by atoms with van der Waals surface area (Å²) in [5, 5.41) is 0. The summed E-state index contributed by atoms with van der Waals surface area (Å²) < 4.78 is 21.3. The molecular weight excluding hydrogens is 370 g/mol. The first-order chi connectivity index (χ1) is 13.0. The molecular formula is C19H21NO6S. The van der Waals surface area contributed by atoms with E-state index in [1.54, 1.807) is 24.9 Å². The Labute approximate surface area is 161 Å². The second kappa shape index (κ2) is 8.39. The average Bonchev–Trinajstić information content (AvgIpc) is 3.05. The number of ether oxygens (including phenoxy) is 3. The number of aryl methyl sites for hydroxylation is 1. The van der Waals surface area contributed by atoms with Crippen LogP contribution in [0, 0.1) is 6.92 Å². The number of esters is 1. The third-order valence-electron chi connectivity index (χ3n) is 4.07. The van der Waals surface area contributed by atoms with Crippen LogP contribution in [-0.4, -0.2) is 49.9 Å². The van der Waals surface area contributed by atoms with Gasteiger partial charge in [-0.1, -0.05) is 0 Å². The van der Waals surface area contributed by atoms with E-state index in [1.165, 1.54) is 18.9 Å². The van der Waals surface area contributed by atoms with Gasteiger partial charge in [0.25, 0.3) is 0 Å². The van der Waals surface area contributed by atoms with Gasteiger partial charge >= 0.3 is 5.97 Å². The number of thioether (sulfide) groups is 1. The van der Waals surface area contributed by atoms with Crippen LogP contribution in [0.5, 0.6) is 11.5 Å². The molecule has 1 aliphatic rings. The number of rotatable bonds is 6. The quantitative estimate of drug-likeness (QED) is 0.553. The lowest BCUT2D eigenvalue weighted by Crippen LogP contribution is -2.27. The fourth-order valence-electron chi connectivity index (χ4n) is 2.62. The number of hydrogen-bond acceptors (Lipinski definition) is 7. The Kier molecular flexibility index (Phi) is 5.95. The summed E-state index contributed by atoms with van der Waals surface area (Å²) in [6.07, 6.45) is 0. The van der Waals surface area contributed by atoms with E-state index in [2.05, 4.69) is 0 Å². The standard InChI is InChI=1S/C19H21NO6S/c1-12-15(19(22)23-3)8-13(26-12)10-20(2)18(21)11-27-14-4-5-16-17(9-14)25-7-6-24-16/h4-5,8-9H,6-7,10-11H2,1-3H3. The zero-order valence-corrected chi connectivity index (χ0v) is 16.3. The molecule has 27 heavy (non-hydrogen) atoms. The van der Waals surface area contributed by atoms with E-state index in [1.807, 2.05) is 18.2 Å². The Hall–Kier alpha value is -2.61. The molecule has 144 valence electrons. The van der Waals surface area contributed by atoms with Gasteiger partial charge in [-0.05, 0) is 31.2 Å². The molecule has 1 aromatic heterocycles. The van der Waals surface area contributed by atoms with Crippen LogP contribution in [0.2, 0.25) is 0 Å². The van der Waals surface area contributed by atoms with E-state index in [0.717, 1.165) is 10.6 Å². The maximum Gasteiger partial charge on any atom is 0.341 e. The van der Waals surface area contributed by atoms with E-state index in [9.17, 15) is 9.59 Å². The predicted molar refractivity (Wildman–Crippen MR) is 99.4 cm³/mol. The third-order valence-corrected chi connectivity index (χ3v) is 5.05. The first-order valence-electron chi connectivity index (χ1n) is 8.42. The molecule has 2 aromatic rings. The van der Waals surface area contributed by atoms with Gasteiger partial charge in [0.15, 0.2) is 11.5 Å². The van der Waals surface area contributed by atoms with Gasteiger partial charge in [0.05, 0.1) is 19.4 Å². The van der Waals surface area contributed by atoms with Crippen molar-refractivity contribution in [2.45, 2.75) is 18.4 Å². The van der Waals surface area contributed by atoms with Crippen molar-refractivity contribution in [1.29, 1.82) is 0 Å². The minimum Gasteiger partial charge on any atom is -0.486 e. The van der Waals surface area contributed by atoms with Crippen LogP contribution in [0.3, 0.4) is 0 Å². The molecule has 0 saturated carbocycles. The van der Waals surface area contributed by atoms with E-state index < -0.39 is 5.97 Å². The molecule has 0 atom stereocenters. The SMILES string of the molecule is COC(=O)c1cc(CN(C)C(=O)CSc2ccc3c(c2)OCCO3)oc1C. The molecule has 1 aliphatic heterocycles. The molecule has 1 amide bonds. The number of carbonyl (C=O) groups excluding carboxylic acids is 2. The predicted octanol–water partition coefficient (Wildman–Crippen LogP) is 2.90. The molecule has 1 aromatic carbocycles. The summed E-state index contributed by atoms with van der Waals surface area (Å²) in [4.78, 5) is 26.5. The van der Waals surface area contributed by atoms with Crippen molar-refractivity contribution in [2.24, 2.45) is 0 Å². The van der Waals surface area contributed by atoms with Crippen molar-refractivity contribution < 1.29 is 28.2 Å². The highest BCUT2D eigenvalue weighted by molar-refractivity contribution is 8.00. The maximum absolute atomic E-state index is 12.4. The van der Waals surface area contributed by atoms with Crippen LogP contribution in [0.1, 0.15) is 21.9 Å². The minimum atomic E-state index is -0.453. The summed E-state index contributed by atoms with van der Waals surface area (Å²) in [5.41, 5.74) is 0.374. The Balaban J connectivity index is 1.56. The highest BCUT2D eigenvalue weighted by Gasteiger charge is 2.18. The lowest BCUT2D eigenvalue weighted by Gasteiger charge is -2.19. The highest BCUT2D eigenvalue weighted by atomic mass is 32.2. The molecule has 7 nitrogen and oxygen atoms in total. The van der Waals surface area contributed by atoms with E-state index in [-0.39, 0.29) is 18.2 Å². The van der Waals surface area contributed by atoms with Gasteiger partial charge in [-0.25, -0.2) is 4.79 Å². The van der Waals surface area contributed by atoms with Gasteiger partial charge in [-0.15, -0.1) is 11.8 Å². The van der Waals surface area contributed by atoms with E-state index in [4.69, 9.17) is 18.6 Å². The number of benzene rings is 1. The summed E-state index contributed by atoms with van der Waals surface area (Å²) in [7, 11) is 3.02. The number of fused-ring (bicyclic) bond motifs is 1. The molecule has 0 spiro atoms. The lowest BCUT2D eigenvalue weighted by atomic mass is 10.2. The van der Waals surface area contributed by atoms with Crippen molar-refractivity contribution in [3.63, 3.8) is 0 Å². The summed E-state index contributed by atoms with van der Waals surface area (Å²) in [6, 6.07) is 7.25. The fourth-order valence-corrected chi connectivity index (χ4v) is 3.49. The Morgan fingerprint density at radius 3 is 2.67 bits per heavy atom. The van der Waals surface area contributed by atoms with Crippen LogP contribution in [0.4, 0.5) is 0 Å². The third kappa shape index (κ3) is 4.57. The molecule has 0 fully saturated rings. The number of methoxy groups -OCH3 is 1. The largest absolute Gasteiger partial charge is 0.486 e. The van der Waals surface area contributed by atoms with Crippen molar-refractivity contribution in [3.8, 4) is 11.5 Å². The molecule has 2 heterocycles. The maximum atomic E-state index is 12.4. The van der Waals surface area contributed by atoms with Crippen LogP contribution in [0.25, 0.3) is 0 Å². The van der Waals surface area contributed by atoms with Gasteiger partial charge in [0.2, 0.25) is 5.91 Å². The summed E-state index contributed by atoms with van der Waals surface area (Å²) in [5.74, 6) is 2.21. The van der Waals surface area contributed by atoms with Crippen LogP contribution in [0.15, 0.2) is 33.6 Å². The van der Waals surface area contributed by atoms with Gasteiger partial charge < -0.3 is 23.5 Å². The monoisotopic (exact) mass is 391 g/mol. The van der Waals surface area contributed by atoms with Crippen molar-refractivity contribution in [3.05, 3.63) is 41.3 Å². The molecule has 0 unspecified atom stereocenters. The zero-order valence-electron chi connectivity index (χ0n) is 15.4. The second-order valence-electron chi connectivity index (χ2n) is 6.02. The van der Waals surface area contributed by atoms with Gasteiger partial charge in [0, 0.05) is 11.9 Å². The molecule has 3 rings (SSSR count). The smallest absolute Gasteiger partial charge is 0.341 e. The number of hydrogen-bond donors (Lipinski definition) is 0. The topological polar surface area (TPSA) is 78.2 Å². The number of furan rings is 1. The first kappa shape index (κ1) is 19.2. The van der Waals surface area contributed by atoms with E-state index >= 15 is 0 Å². The summed E-state index contributed by atoms with van der Waals surface area (Å²) >= 11 is 1.43. The number of carbonyl (C=O) groups is 2. The zero-order chi connectivity index (χ0) is 19.4. The van der Waals surface area contributed by atoms with Crippen LogP contribution < -0.4 is 9.47 Å². The molecule has 0 bridgehead atoms. The van der Waals surface area contributed by atoms with Crippen molar-refractivity contribution in [2.75, 3.05) is 33.1 Å². The van der Waals surface area contributed by atoms with Gasteiger partial charge in [0.1, 0.15) is 30.3 Å². The molecule has 8 heteroatoms. The van der Waals surface area contributed by atoms with E-state index in [0.29, 0.717) is 36.0 Å².